The number of benzene rings is 2. The molecular formula is C18H22N2. The molecule has 1 saturated heterocycles. The van der Waals surface area contributed by atoms with Crippen molar-refractivity contribution in [2.45, 2.75) is 5.54 Å². The van der Waals surface area contributed by atoms with Crippen molar-refractivity contribution in [1.82, 2.24) is 9.80 Å². The lowest BCUT2D eigenvalue weighted by Crippen LogP contribution is -2.58. The van der Waals surface area contributed by atoms with Gasteiger partial charge in [0.2, 0.25) is 0 Å². The number of rotatable bonds is 2. The third-order valence-corrected chi connectivity index (χ3v) is 4.47. The molecule has 0 bridgehead atoms. The van der Waals surface area contributed by atoms with Crippen molar-refractivity contribution < 1.29 is 0 Å². The van der Waals surface area contributed by atoms with Crippen molar-refractivity contribution in [3.8, 4) is 0 Å². The number of hydrogen-bond donors (Lipinski definition) is 0. The minimum absolute atomic E-state index is 0.0461. The lowest BCUT2D eigenvalue weighted by atomic mass is 9.79. The average Bonchev–Trinajstić information content (AvgIpc) is 2.51. The number of piperazine rings is 1. The fourth-order valence-corrected chi connectivity index (χ4v) is 3.32. The van der Waals surface area contributed by atoms with Gasteiger partial charge < -0.3 is 4.90 Å². The maximum atomic E-state index is 2.50. The van der Waals surface area contributed by atoms with Crippen LogP contribution in [-0.4, -0.2) is 43.5 Å². The zero-order valence-corrected chi connectivity index (χ0v) is 12.3. The Morgan fingerprint density at radius 3 is 1.75 bits per heavy atom. The van der Waals surface area contributed by atoms with Crippen LogP contribution < -0.4 is 0 Å². The third-order valence-electron chi connectivity index (χ3n) is 4.47. The van der Waals surface area contributed by atoms with Crippen LogP contribution in [0.25, 0.3) is 0 Å². The number of likely N-dealkylation sites (N-methyl/N-ethyl adjacent to an activating group) is 2. The Morgan fingerprint density at radius 2 is 1.25 bits per heavy atom. The first-order valence-corrected chi connectivity index (χ1v) is 7.24. The van der Waals surface area contributed by atoms with E-state index in [0.717, 1.165) is 19.6 Å². The van der Waals surface area contributed by atoms with Gasteiger partial charge in [0.05, 0.1) is 5.54 Å². The summed E-state index contributed by atoms with van der Waals surface area (Å²) < 4.78 is 0. The molecule has 20 heavy (non-hydrogen) atoms. The van der Waals surface area contributed by atoms with E-state index in [1.807, 2.05) is 0 Å². The van der Waals surface area contributed by atoms with Gasteiger partial charge in [-0.2, -0.15) is 0 Å². The molecule has 1 fully saturated rings. The van der Waals surface area contributed by atoms with E-state index < -0.39 is 0 Å². The van der Waals surface area contributed by atoms with E-state index in [4.69, 9.17) is 0 Å². The minimum atomic E-state index is -0.0461. The van der Waals surface area contributed by atoms with Crippen molar-refractivity contribution in [3.63, 3.8) is 0 Å². The van der Waals surface area contributed by atoms with Gasteiger partial charge in [0.25, 0.3) is 0 Å². The smallest absolute Gasteiger partial charge is 0.0842 e. The van der Waals surface area contributed by atoms with Crippen LogP contribution in [0.4, 0.5) is 0 Å². The molecule has 2 aromatic carbocycles. The van der Waals surface area contributed by atoms with Crippen molar-refractivity contribution in [2.75, 3.05) is 33.7 Å². The van der Waals surface area contributed by atoms with Crippen LogP contribution in [0.5, 0.6) is 0 Å². The van der Waals surface area contributed by atoms with Crippen molar-refractivity contribution >= 4 is 0 Å². The van der Waals surface area contributed by atoms with Gasteiger partial charge in [-0.25, -0.2) is 0 Å². The normalized spacial score (nSPS) is 19.9. The second kappa shape index (κ2) is 5.39. The highest BCUT2D eigenvalue weighted by molar-refractivity contribution is 5.39. The zero-order valence-electron chi connectivity index (χ0n) is 12.3. The highest BCUT2D eigenvalue weighted by atomic mass is 15.3. The molecule has 2 aromatic rings. The van der Waals surface area contributed by atoms with Gasteiger partial charge in [-0.3, -0.25) is 4.90 Å². The van der Waals surface area contributed by atoms with Crippen LogP contribution >= 0.6 is 0 Å². The topological polar surface area (TPSA) is 6.48 Å². The maximum Gasteiger partial charge on any atom is 0.0842 e. The van der Waals surface area contributed by atoms with Crippen LogP contribution in [-0.2, 0) is 5.54 Å². The summed E-state index contributed by atoms with van der Waals surface area (Å²) in [5, 5.41) is 0. The molecule has 0 saturated carbocycles. The molecule has 0 aromatic heterocycles. The van der Waals surface area contributed by atoms with Gasteiger partial charge in [0, 0.05) is 19.6 Å². The van der Waals surface area contributed by atoms with Gasteiger partial charge in [0.1, 0.15) is 0 Å². The average molecular weight is 266 g/mol. The fourth-order valence-electron chi connectivity index (χ4n) is 3.32. The van der Waals surface area contributed by atoms with E-state index in [2.05, 4.69) is 84.6 Å². The predicted molar refractivity (Wildman–Crippen MR) is 83.8 cm³/mol. The summed E-state index contributed by atoms with van der Waals surface area (Å²) >= 11 is 0. The Balaban J connectivity index is 2.17. The Hall–Kier alpha value is -1.64. The first-order valence-electron chi connectivity index (χ1n) is 7.24. The Bertz CT molecular complexity index is 511. The molecule has 0 aliphatic carbocycles. The molecule has 1 aliphatic heterocycles. The Labute approximate surface area is 121 Å². The predicted octanol–water partition coefficient (Wildman–Crippen LogP) is 2.81. The molecule has 104 valence electrons. The van der Waals surface area contributed by atoms with Crippen LogP contribution in [0.3, 0.4) is 0 Å². The first-order chi connectivity index (χ1) is 9.73. The molecule has 1 heterocycles. The van der Waals surface area contributed by atoms with E-state index in [0.29, 0.717) is 0 Å². The first kappa shape index (κ1) is 13.3. The van der Waals surface area contributed by atoms with Gasteiger partial charge in [-0.1, -0.05) is 60.7 Å². The quantitative estimate of drug-likeness (QED) is 0.824. The summed E-state index contributed by atoms with van der Waals surface area (Å²) in [7, 11) is 4.46. The molecule has 0 amide bonds. The minimum Gasteiger partial charge on any atom is -0.303 e. The fraction of sp³-hybridized carbons (Fsp3) is 0.333. The summed E-state index contributed by atoms with van der Waals surface area (Å²) in [6, 6.07) is 21.8. The van der Waals surface area contributed by atoms with Gasteiger partial charge >= 0.3 is 0 Å². The van der Waals surface area contributed by atoms with Crippen LogP contribution in [0.15, 0.2) is 60.7 Å². The van der Waals surface area contributed by atoms with Crippen LogP contribution in [0, 0.1) is 0 Å². The van der Waals surface area contributed by atoms with Crippen molar-refractivity contribution in [2.24, 2.45) is 0 Å². The highest BCUT2D eigenvalue weighted by Crippen LogP contribution is 2.37. The van der Waals surface area contributed by atoms with Gasteiger partial charge in [-0.05, 0) is 25.2 Å². The van der Waals surface area contributed by atoms with E-state index >= 15 is 0 Å². The highest BCUT2D eigenvalue weighted by Gasteiger charge is 2.41. The molecule has 2 heteroatoms. The summed E-state index contributed by atoms with van der Waals surface area (Å²) in [6.07, 6.45) is 0. The second-order valence-corrected chi connectivity index (χ2v) is 5.75. The lowest BCUT2D eigenvalue weighted by Gasteiger charge is -2.49. The van der Waals surface area contributed by atoms with Gasteiger partial charge in [-0.15, -0.1) is 0 Å². The summed E-state index contributed by atoms with van der Waals surface area (Å²) in [5.74, 6) is 0. The molecule has 2 nitrogen and oxygen atoms in total. The summed E-state index contributed by atoms with van der Waals surface area (Å²) in [6.45, 7) is 3.23. The third kappa shape index (κ3) is 2.15. The zero-order chi connectivity index (χ0) is 14.0. The molecule has 0 radical (unpaired) electrons. The molecule has 0 atom stereocenters. The number of nitrogens with zero attached hydrogens (tertiary/aromatic N) is 2. The second-order valence-electron chi connectivity index (χ2n) is 5.75. The largest absolute Gasteiger partial charge is 0.303 e. The number of hydrogen-bond acceptors (Lipinski definition) is 2. The Morgan fingerprint density at radius 1 is 0.750 bits per heavy atom. The summed E-state index contributed by atoms with van der Waals surface area (Å²) in [5.41, 5.74) is 2.70. The maximum absolute atomic E-state index is 2.50. The molecule has 3 rings (SSSR count). The lowest BCUT2D eigenvalue weighted by molar-refractivity contribution is 0.0540. The SMILES string of the molecule is CN1CCN(C)C(c2ccccc2)(c2ccccc2)C1. The molecule has 0 N–H and O–H groups in total. The van der Waals surface area contributed by atoms with Crippen molar-refractivity contribution in [1.29, 1.82) is 0 Å². The monoisotopic (exact) mass is 266 g/mol. The Kier molecular flexibility index (Phi) is 3.60. The molecule has 0 spiro atoms. The standard InChI is InChI=1S/C18H22N2/c1-19-13-14-20(2)18(15-19,16-9-5-3-6-10-16)17-11-7-4-8-12-17/h3-12H,13-15H2,1-2H3. The van der Waals surface area contributed by atoms with Gasteiger partial charge in [0.15, 0.2) is 0 Å². The molecule has 1 aliphatic rings. The van der Waals surface area contributed by atoms with E-state index in [9.17, 15) is 0 Å². The molecular weight excluding hydrogens is 244 g/mol. The summed E-state index contributed by atoms with van der Waals surface area (Å²) in [4.78, 5) is 4.93. The van der Waals surface area contributed by atoms with Crippen molar-refractivity contribution in [3.05, 3.63) is 71.8 Å². The van der Waals surface area contributed by atoms with E-state index in [-0.39, 0.29) is 5.54 Å². The van der Waals surface area contributed by atoms with Crippen LogP contribution in [0.1, 0.15) is 11.1 Å². The van der Waals surface area contributed by atoms with E-state index in [1.54, 1.807) is 0 Å². The van der Waals surface area contributed by atoms with Crippen LogP contribution in [0.2, 0.25) is 0 Å². The van der Waals surface area contributed by atoms with E-state index in [1.165, 1.54) is 11.1 Å². The molecule has 0 unspecified atom stereocenters.